The maximum atomic E-state index is 13.3. The predicted octanol–water partition coefficient (Wildman–Crippen LogP) is 4.25. The van der Waals surface area contributed by atoms with Crippen LogP contribution in [0.15, 0.2) is 30.3 Å². The van der Waals surface area contributed by atoms with Gasteiger partial charge in [0.2, 0.25) is 0 Å². The number of pyridine rings is 2. The van der Waals surface area contributed by atoms with Crippen LogP contribution in [0.25, 0.3) is 10.9 Å². The molecular weight excluding hydrogens is 305 g/mol. The van der Waals surface area contributed by atoms with E-state index in [1.807, 2.05) is 26.8 Å². The number of hydrogen-bond acceptors (Lipinski definition) is 3. The van der Waals surface area contributed by atoms with E-state index in [4.69, 9.17) is 0 Å². The number of aryl methyl sites for hydroxylation is 4. The van der Waals surface area contributed by atoms with Gasteiger partial charge in [-0.1, -0.05) is 0 Å². The van der Waals surface area contributed by atoms with E-state index < -0.39 is 0 Å². The summed E-state index contributed by atoms with van der Waals surface area (Å²) in [5.74, 6) is -0.591. The molecule has 1 N–H and O–H groups in total. The SMILES string of the molecule is Cc1cc(C)c(NC(=O)c2cc3ccc(F)cc3nc2C)c(C)n1. The molecule has 3 rings (SSSR count). The van der Waals surface area contributed by atoms with Gasteiger partial charge < -0.3 is 5.32 Å². The number of benzene rings is 1. The second-order valence-electron chi connectivity index (χ2n) is 5.95. The molecule has 1 aromatic carbocycles. The highest BCUT2D eigenvalue weighted by Gasteiger charge is 2.15. The topological polar surface area (TPSA) is 54.9 Å². The van der Waals surface area contributed by atoms with E-state index in [2.05, 4.69) is 15.3 Å². The molecule has 5 heteroatoms. The normalized spacial score (nSPS) is 10.9. The average Bonchev–Trinajstić information content (AvgIpc) is 2.49. The minimum absolute atomic E-state index is 0.247. The lowest BCUT2D eigenvalue weighted by Gasteiger charge is -2.13. The van der Waals surface area contributed by atoms with Gasteiger partial charge in [0.1, 0.15) is 5.82 Å². The minimum atomic E-state index is -0.344. The maximum Gasteiger partial charge on any atom is 0.257 e. The second-order valence-corrected chi connectivity index (χ2v) is 5.95. The Morgan fingerprint density at radius 3 is 2.46 bits per heavy atom. The van der Waals surface area contributed by atoms with Crippen molar-refractivity contribution in [1.29, 1.82) is 0 Å². The monoisotopic (exact) mass is 323 g/mol. The summed E-state index contributed by atoms with van der Waals surface area (Å²) >= 11 is 0. The minimum Gasteiger partial charge on any atom is -0.320 e. The van der Waals surface area contributed by atoms with Gasteiger partial charge in [0.25, 0.3) is 5.91 Å². The molecule has 24 heavy (non-hydrogen) atoms. The quantitative estimate of drug-likeness (QED) is 0.767. The Morgan fingerprint density at radius 1 is 1.00 bits per heavy atom. The van der Waals surface area contributed by atoms with Gasteiger partial charge in [0, 0.05) is 17.1 Å². The summed E-state index contributed by atoms with van der Waals surface area (Å²) in [4.78, 5) is 21.4. The molecule has 0 unspecified atom stereocenters. The first-order valence-electron chi connectivity index (χ1n) is 7.68. The Kier molecular flexibility index (Phi) is 4.01. The fourth-order valence-electron chi connectivity index (χ4n) is 2.86. The summed E-state index contributed by atoms with van der Waals surface area (Å²) in [7, 11) is 0. The van der Waals surface area contributed by atoms with Crippen LogP contribution in [-0.4, -0.2) is 15.9 Å². The predicted molar refractivity (Wildman–Crippen MR) is 92.8 cm³/mol. The zero-order valence-corrected chi connectivity index (χ0v) is 14.1. The van der Waals surface area contributed by atoms with E-state index in [1.165, 1.54) is 12.1 Å². The fraction of sp³-hybridized carbons (Fsp3) is 0.211. The Balaban J connectivity index is 2.00. The number of nitrogens with zero attached hydrogens (tertiary/aromatic N) is 2. The van der Waals surface area contributed by atoms with E-state index in [9.17, 15) is 9.18 Å². The Bertz CT molecular complexity index is 943. The standard InChI is InChI=1S/C19H18FN3O/c1-10-7-11(2)21-13(4)18(10)23-19(24)16-8-14-5-6-15(20)9-17(14)22-12(16)3/h5-9H,1-4H3,(H,23,24). The molecule has 122 valence electrons. The van der Waals surface area contributed by atoms with Crippen LogP contribution in [0.5, 0.6) is 0 Å². The number of nitrogens with one attached hydrogen (secondary N) is 1. The van der Waals surface area contributed by atoms with Gasteiger partial charge in [0.05, 0.1) is 28.2 Å². The van der Waals surface area contributed by atoms with Crippen molar-refractivity contribution in [3.8, 4) is 0 Å². The highest BCUT2D eigenvalue weighted by atomic mass is 19.1. The van der Waals surface area contributed by atoms with E-state index in [0.29, 0.717) is 22.5 Å². The molecule has 2 aromatic heterocycles. The molecule has 0 aliphatic heterocycles. The van der Waals surface area contributed by atoms with Crippen LogP contribution in [-0.2, 0) is 0 Å². The van der Waals surface area contributed by atoms with Gasteiger partial charge in [0.15, 0.2) is 0 Å². The lowest BCUT2D eigenvalue weighted by Crippen LogP contribution is -2.16. The molecule has 4 nitrogen and oxygen atoms in total. The van der Waals surface area contributed by atoms with Crippen molar-refractivity contribution in [1.82, 2.24) is 9.97 Å². The van der Waals surface area contributed by atoms with Gasteiger partial charge in [-0.05, 0) is 57.5 Å². The number of fused-ring (bicyclic) bond motifs is 1. The van der Waals surface area contributed by atoms with Gasteiger partial charge in [-0.3, -0.25) is 14.8 Å². The summed E-state index contributed by atoms with van der Waals surface area (Å²) in [6, 6.07) is 8.01. The molecule has 1 amide bonds. The molecule has 0 bridgehead atoms. The Labute approximate surface area is 139 Å². The van der Waals surface area contributed by atoms with Crippen LogP contribution < -0.4 is 5.32 Å². The van der Waals surface area contributed by atoms with Crippen LogP contribution in [0.3, 0.4) is 0 Å². The summed E-state index contributed by atoms with van der Waals surface area (Å²) in [5, 5.41) is 3.65. The van der Waals surface area contributed by atoms with Crippen LogP contribution in [0.2, 0.25) is 0 Å². The Morgan fingerprint density at radius 2 is 1.75 bits per heavy atom. The number of halogens is 1. The summed E-state index contributed by atoms with van der Waals surface area (Å²) in [6.07, 6.45) is 0. The van der Waals surface area contributed by atoms with Crippen LogP contribution in [0.4, 0.5) is 10.1 Å². The van der Waals surface area contributed by atoms with E-state index >= 15 is 0 Å². The number of carbonyl (C=O) groups is 1. The zero-order valence-electron chi connectivity index (χ0n) is 14.1. The third-order valence-electron chi connectivity index (χ3n) is 3.98. The molecule has 0 aliphatic rings. The number of anilines is 1. The molecule has 2 heterocycles. The molecule has 0 radical (unpaired) electrons. The smallest absolute Gasteiger partial charge is 0.257 e. The van der Waals surface area contributed by atoms with Crippen LogP contribution in [0, 0.1) is 33.5 Å². The van der Waals surface area contributed by atoms with Crippen molar-refractivity contribution < 1.29 is 9.18 Å². The first-order chi connectivity index (χ1) is 11.3. The van der Waals surface area contributed by atoms with Crippen molar-refractivity contribution in [2.24, 2.45) is 0 Å². The van der Waals surface area contributed by atoms with Gasteiger partial charge in [-0.2, -0.15) is 0 Å². The average molecular weight is 323 g/mol. The molecule has 0 aliphatic carbocycles. The lowest BCUT2D eigenvalue weighted by molar-refractivity contribution is 0.102. The largest absolute Gasteiger partial charge is 0.320 e. The zero-order chi connectivity index (χ0) is 17.4. The molecule has 0 atom stereocenters. The third-order valence-corrected chi connectivity index (χ3v) is 3.98. The van der Waals surface area contributed by atoms with Crippen LogP contribution >= 0.6 is 0 Å². The van der Waals surface area contributed by atoms with E-state index in [0.717, 1.165) is 22.3 Å². The van der Waals surface area contributed by atoms with E-state index in [1.54, 1.807) is 19.1 Å². The number of aromatic nitrogens is 2. The highest BCUT2D eigenvalue weighted by molar-refractivity contribution is 6.07. The van der Waals surface area contributed by atoms with Gasteiger partial charge >= 0.3 is 0 Å². The van der Waals surface area contributed by atoms with Crippen molar-refractivity contribution in [2.75, 3.05) is 5.32 Å². The maximum absolute atomic E-state index is 13.3. The molecule has 0 fully saturated rings. The molecular formula is C19H18FN3O. The number of hydrogen-bond donors (Lipinski definition) is 1. The number of carbonyl (C=O) groups excluding carboxylic acids is 1. The van der Waals surface area contributed by atoms with Crippen LogP contribution in [0.1, 0.15) is 33.0 Å². The molecule has 0 saturated heterocycles. The first-order valence-corrected chi connectivity index (χ1v) is 7.68. The molecule has 0 spiro atoms. The highest BCUT2D eigenvalue weighted by Crippen LogP contribution is 2.22. The summed E-state index contributed by atoms with van der Waals surface area (Å²) in [6.45, 7) is 7.46. The van der Waals surface area contributed by atoms with Crippen molar-refractivity contribution in [3.63, 3.8) is 0 Å². The van der Waals surface area contributed by atoms with Gasteiger partial charge in [-0.15, -0.1) is 0 Å². The Hall–Kier alpha value is -2.82. The fourth-order valence-corrected chi connectivity index (χ4v) is 2.86. The molecule has 0 saturated carbocycles. The van der Waals surface area contributed by atoms with Crippen molar-refractivity contribution in [2.45, 2.75) is 27.7 Å². The second kappa shape index (κ2) is 6.00. The number of amides is 1. The summed E-state index contributed by atoms with van der Waals surface area (Å²) < 4.78 is 13.3. The third kappa shape index (κ3) is 2.97. The van der Waals surface area contributed by atoms with Crippen molar-refractivity contribution >= 4 is 22.5 Å². The van der Waals surface area contributed by atoms with Crippen molar-refractivity contribution in [3.05, 3.63) is 64.4 Å². The summed E-state index contributed by atoms with van der Waals surface area (Å²) in [5.41, 5.74) is 4.91. The number of rotatable bonds is 2. The van der Waals surface area contributed by atoms with E-state index in [-0.39, 0.29) is 11.7 Å². The first kappa shape index (κ1) is 16.1. The van der Waals surface area contributed by atoms with Gasteiger partial charge in [-0.25, -0.2) is 4.39 Å². The lowest BCUT2D eigenvalue weighted by atomic mass is 10.1. The molecule has 3 aromatic rings.